The molecule has 0 spiro atoms. The van der Waals surface area contributed by atoms with E-state index in [0.29, 0.717) is 28.1 Å². The van der Waals surface area contributed by atoms with Crippen molar-refractivity contribution in [3.05, 3.63) is 52.5 Å². The van der Waals surface area contributed by atoms with Crippen molar-refractivity contribution in [3.8, 4) is 5.13 Å². The Morgan fingerprint density at radius 3 is 2.61 bits per heavy atom. The van der Waals surface area contributed by atoms with Crippen molar-refractivity contribution in [2.24, 2.45) is 5.92 Å². The van der Waals surface area contributed by atoms with Crippen molar-refractivity contribution in [3.63, 3.8) is 0 Å². The van der Waals surface area contributed by atoms with Gasteiger partial charge < -0.3 is 5.32 Å². The van der Waals surface area contributed by atoms with E-state index in [2.05, 4.69) is 15.4 Å². The van der Waals surface area contributed by atoms with Crippen LogP contribution in [-0.2, 0) is 14.8 Å². The lowest BCUT2D eigenvalue weighted by Crippen LogP contribution is -2.41. The van der Waals surface area contributed by atoms with Gasteiger partial charge in [0.05, 0.1) is 20.2 Å². The van der Waals surface area contributed by atoms with Gasteiger partial charge >= 0.3 is 0 Å². The molecule has 0 aliphatic carbocycles. The summed E-state index contributed by atoms with van der Waals surface area (Å²) in [5.74, 6) is 0.121. The van der Waals surface area contributed by atoms with Gasteiger partial charge in [-0.25, -0.2) is 13.4 Å². The Bertz CT molecular complexity index is 1400. The Labute approximate surface area is 203 Å². The van der Waals surface area contributed by atoms with Gasteiger partial charge in [-0.05, 0) is 44.0 Å². The molecule has 0 bridgehead atoms. The number of nitrogens with one attached hydrogen (secondary N) is 1. The summed E-state index contributed by atoms with van der Waals surface area (Å²) in [5, 5.41) is 8.16. The number of nitrogens with zero attached hydrogens (tertiary/aromatic N) is 4. The van der Waals surface area contributed by atoms with Crippen LogP contribution in [0.25, 0.3) is 15.3 Å². The molecule has 1 aliphatic heterocycles. The second kappa shape index (κ2) is 8.80. The van der Waals surface area contributed by atoms with E-state index in [9.17, 15) is 13.2 Å². The maximum absolute atomic E-state index is 13.0. The minimum absolute atomic E-state index is 0.145. The van der Waals surface area contributed by atoms with Crippen LogP contribution in [0.1, 0.15) is 18.5 Å². The van der Waals surface area contributed by atoms with Crippen LogP contribution in [-0.4, -0.2) is 46.5 Å². The number of fused-ring (bicyclic) bond motifs is 1. The monoisotopic (exact) mass is 521 g/mol. The third kappa shape index (κ3) is 4.43. The number of hydrogen-bond donors (Lipinski definition) is 1. The number of para-hydroxylation sites is 1. The zero-order chi connectivity index (χ0) is 23.2. The lowest BCUT2D eigenvalue weighted by molar-refractivity contribution is -0.120. The molecule has 0 unspecified atom stereocenters. The molecule has 8 nitrogen and oxygen atoms in total. The second-order valence-corrected chi connectivity index (χ2v) is 12.7. The van der Waals surface area contributed by atoms with Gasteiger partial charge in [-0.15, -0.1) is 11.3 Å². The molecular weight excluding hydrogens is 502 g/mol. The summed E-state index contributed by atoms with van der Waals surface area (Å²) in [6, 6.07) is 12.7. The standard InChI is InChI=1S/C21H20ClN5O3S3/c1-13-12-18(27(25-13)21-23-15-4-2-3-5-16(15)31-21)24-20(28)14-8-10-26(11-9-14)33(29,30)19-7-6-17(22)32-19/h2-7,12,14H,8-11H2,1H3,(H,24,28). The minimum atomic E-state index is -3.59. The van der Waals surface area contributed by atoms with Gasteiger partial charge in [-0.2, -0.15) is 14.1 Å². The zero-order valence-corrected chi connectivity index (χ0v) is 20.8. The number of sulfonamides is 1. The van der Waals surface area contributed by atoms with Gasteiger partial charge in [0.2, 0.25) is 11.0 Å². The number of halogens is 1. The van der Waals surface area contributed by atoms with Gasteiger partial charge in [0.25, 0.3) is 10.0 Å². The molecule has 3 aromatic heterocycles. The maximum atomic E-state index is 13.0. The van der Waals surface area contributed by atoms with E-state index in [1.165, 1.54) is 21.7 Å². The molecule has 1 N–H and O–H groups in total. The molecule has 1 aromatic carbocycles. The Morgan fingerprint density at radius 1 is 1.15 bits per heavy atom. The van der Waals surface area contributed by atoms with Gasteiger partial charge in [0.15, 0.2) is 0 Å². The van der Waals surface area contributed by atoms with Crippen LogP contribution in [0, 0.1) is 12.8 Å². The fraction of sp³-hybridized carbons (Fsp3) is 0.286. The Morgan fingerprint density at radius 2 is 1.91 bits per heavy atom. The number of rotatable bonds is 5. The van der Waals surface area contributed by atoms with Crippen LogP contribution >= 0.6 is 34.3 Å². The second-order valence-electron chi connectivity index (χ2n) is 7.77. The van der Waals surface area contributed by atoms with E-state index < -0.39 is 10.0 Å². The highest BCUT2D eigenvalue weighted by Gasteiger charge is 2.33. The molecule has 12 heteroatoms. The van der Waals surface area contributed by atoms with Crippen LogP contribution in [0.4, 0.5) is 5.82 Å². The van der Waals surface area contributed by atoms with E-state index in [0.717, 1.165) is 27.2 Å². The largest absolute Gasteiger partial charge is 0.310 e. The minimum Gasteiger partial charge on any atom is -0.310 e. The molecule has 1 fully saturated rings. The fourth-order valence-electron chi connectivity index (χ4n) is 3.84. The molecule has 5 rings (SSSR count). The first-order valence-corrected chi connectivity index (χ1v) is 13.8. The number of benzene rings is 1. The topological polar surface area (TPSA) is 97.2 Å². The fourth-order valence-corrected chi connectivity index (χ4v) is 7.87. The van der Waals surface area contributed by atoms with Crippen molar-refractivity contribution in [1.82, 2.24) is 19.1 Å². The van der Waals surface area contributed by atoms with Gasteiger partial charge in [0.1, 0.15) is 10.0 Å². The quantitative estimate of drug-likeness (QED) is 0.415. The van der Waals surface area contributed by atoms with Crippen molar-refractivity contribution in [2.45, 2.75) is 24.0 Å². The molecule has 1 saturated heterocycles. The maximum Gasteiger partial charge on any atom is 0.252 e. The average molecular weight is 522 g/mol. The molecule has 33 heavy (non-hydrogen) atoms. The van der Waals surface area contributed by atoms with Crippen molar-refractivity contribution >= 4 is 66.2 Å². The number of piperidine rings is 1. The average Bonchev–Trinajstić information content (AvgIpc) is 3.51. The SMILES string of the molecule is Cc1cc(NC(=O)C2CCN(S(=O)(=O)c3ccc(Cl)s3)CC2)n(-c2nc3ccccc3s2)n1. The zero-order valence-electron chi connectivity index (χ0n) is 17.6. The number of thiophene rings is 1. The van der Waals surface area contributed by atoms with Crippen LogP contribution in [0.15, 0.2) is 46.7 Å². The molecule has 172 valence electrons. The lowest BCUT2D eigenvalue weighted by Gasteiger charge is -2.30. The molecule has 4 heterocycles. The summed E-state index contributed by atoms with van der Waals surface area (Å²) in [4.78, 5) is 17.6. The highest BCUT2D eigenvalue weighted by Crippen LogP contribution is 2.31. The van der Waals surface area contributed by atoms with Gasteiger partial charge in [-0.3, -0.25) is 4.79 Å². The van der Waals surface area contributed by atoms with Crippen LogP contribution in [0.3, 0.4) is 0 Å². The summed E-state index contributed by atoms with van der Waals surface area (Å²) in [6.45, 7) is 2.43. The molecule has 0 saturated carbocycles. The predicted molar refractivity (Wildman–Crippen MR) is 131 cm³/mol. The first-order valence-electron chi connectivity index (χ1n) is 10.3. The summed E-state index contributed by atoms with van der Waals surface area (Å²) in [6.07, 6.45) is 0.886. The number of amides is 1. The highest BCUT2D eigenvalue weighted by atomic mass is 35.5. The Balaban J connectivity index is 1.28. The van der Waals surface area contributed by atoms with Gasteiger partial charge in [0, 0.05) is 25.1 Å². The Kier molecular flexibility index (Phi) is 6.00. The van der Waals surface area contributed by atoms with E-state index >= 15 is 0 Å². The molecule has 1 aliphatic rings. The molecular formula is C21H20ClN5O3S3. The molecule has 0 radical (unpaired) electrons. The van der Waals surface area contributed by atoms with E-state index in [4.69, 9.17) is 11.6 Å². The van der Waals surface area contributed by atoms with Crippen molar-refractivity contribution < 1.29 is 13.2 Å². The van der Waals surface area contributed by atoms with Crippen LogP contribution < -0.4 is 5.32 Å². The Hall–Kier alpha value is -2.31. The van der Waals surface area contributed by atoms with E-state index in [-0.39, 0.29) is 29.1 Å². The van der Waals surface area contributed by atoms with Crippen LogP contribution in [0.2, 0.25) is 4.34 Å². The number of thiazole rings is 1. The number of aromatic nitrogens is 3. The molecule has 4 aromatic rings. The van der Waals surface area contributed by atoms with Crippen molar-refractivity contribution in [1.29, 1.82) is 0 Å². The predicted octanol–water partition coefficient (Wildman–Crippen LogP) is 4.54. The number of carbonyl (C=O) groups excluding carboxylic acids is 1. The van der Waals surface area contributed by atoms with Crippen molar-refractivity contribution in [2.75, 3.05) is 18.4 Å². The summed E-state index contributed by atoms with van der Waals surface area (Å²) < 4.78 is 30.4. The summed E-state index contributed by atoms with van der Waals surface area (Å²) in [5.41, 5.74) is 1.64. The first kappa shape index (κ1) is 22.5. The molecule has 1 amide bonds. The third-order valence-corrected chi connectivity index (χ3v) is 10.1. The smallest absolute Gasteiger partial charge is 0.252 e. The summed E-state index contributed by atoms with van der Waals surface area (Å²) in [7, 11) is -3.59. The third-order valence-electron chi connectivity index (χ3n) is 5.51. The molecule has 0 atom stereocenters. The first-order chi connectivity index (χ1) is 15.8. The number of hydrogen-bond acceptors (Lipinski definition) is 7. The van der Waals surface area contributed by atoms with E-state index in [1.54, 1.807) is 10.7 Å². The normalized spacial score (nSPS) is 15.8. The number of anilines is 1. The van der Waals surface area contributed by atoms with Crippen LogP contribution in [0.5, 0.6) is 0 Å². The highest BCUT2D eigenvalue weighted by molar-refractivity contribution is 7.91. The summed E-state index contributed by atoms with van der Waals surface area (Å²) >= 11 is 8.44. The lowest BCUT2D eigenvalue weighted by atomic mass is 9.97. The van der Waals surface area contributed by atoms with E-state index in [1.807, 2.05) is 37.3 Å². The number of carbonyl (C=O) groups is 1. The van der Waals surface area contributed by atoms with Gasteiger partial charge in [-0.1, -0.05) is 35.1 Å². The number of aryl methyl sites for hydroxylation is 1.